The molecule has 0 unspecified atom stereocenters. The van der Waals surface area contributed by atoms with Crippen molar-refractivity contribution in [2.45, 2.75) is 19.9 Å². The van der Waals surface area contributed by atoms with E-state index in [0.717, 1.165) is 10.4 Å². The fourth-order valence-electron chi connectivity index (χ4n) is 2.97. The highest BCUT2D eigenvalue weighted by atomic mass is 32.1. The maximum absolute atomic E-state index is 13.0. The molecule has 0 atom stereocenters. The van der Waals surface area contributed by atoms with Crippen LogP contribution in [0.15, 0.2) is 58.3 Å². The van der Waals surface area contributed by atoms with E-state index in [4.69, 9.17) is 0 Å². The second kappa shape index (κ2) is 8.60. The highest BCUT2D eigenvalue weighted by molar-refractivity contribution is 7.18. The fourth-order valence-corrected chi connectivity index (χ4v) is 4.69. The third-order valence-electron chi connectivity index (χ3n) is 4.41. The van der Waals surface area contributed by atoms with Gasteiger partial charge in [0.05, 0.1) is 11.7 Å². The largest absolute Gasteiger partial charge is 0.326 e. The van der Waals surface area contributed by atoms with Gasteiger partial charge in [0.25, 0.3) is 5.56 Å². The Morgan fingerprint density at radius 2 is 1.83 bits per heavy atom. The summed E-state index contributed by atoms with van der Waals surface area (Å²) in [7, 11) is 0. The van der Waals surface area contributed by atoms with Crippen molar-refractivity contribution in [1.29, 1.82) is 0 Å². The molecule has 0 fully saturated rings. The van der Waals surface area contributed by atoms with Crippen molar-refractivity contribution < 1.29 is 9.59 Å². The van der Waals surface area contributed by atoms with Crippen LogP contribution in [-0.2, 0) is 16.1 Å². The van der Waals surface area contributed by atoms with Gasteiger partial charge in [-0.15, -0.1) is 22.7 Å². The number of anilines is 2. The van der Waals surface area contributed by atoms with Crippen LogP contribution in [0.1, 0.15) is 13.3 Å². The summed E-state index contributed by atoms with van der Waals surface area (Å²) in [6.07, 6.45) is 1.77. The second-order valence-electron chi connectivity index (χ2n) is 6.52. The van der Waals surface area contributed by atoms with E-state index in [1.54, 1.807) is 42.5 Å². The number of amides is 2. The molecule has 152 valence electrons. The van der Waals surface area contributed by atoms with Crippen LogP contribution in [0.4, 0.5) is 11.4 Å². The average molecular weight is 439 g/mol. The molecule has 2 amide bonds. The van der Waals surface area contributed by atoms with Gasteiger partial charge in [0, 0.05) is 33.6 Å². The van der Waals surface area contributed by atoms with E-state index in [0.29, 0.717) is 28.0 Å². The van der Waals surface area contributed by atoms with E-state index in [-0.39, 0.29) is 23.9 Å². The molecule has 0 bridgehead atoms. The molecule has 0 aliphatic rings. The van der Waals surface area contributed by atoms with Gasteiger partial charge in [0.1, 0.15) is 11.4 Å². The molecule has 4 aromatic rings. The van der Waals surface area contributed by atoms with Gasteiger partial charge in [-0.05, 0) is 29.6 Å². The third kappa shape index (κ3) is 4.17. The van der Waals surface area contributed by atoms with Crippen molar-refractivity contribution >= 4 is 56.1 Å². The predicted octanol–water partition coefficient (Wildman–Crippen LogP) is 4.17. The first-order valence-corrected chi connectivity index (χ1v) is 11.0. The van der Waals surface area contributed by atoms with E-state index in [1.165, 1.54) is 22.2 Å². The highest BCUT2D eigenvalue weighted by Gasteiger charge is 2.15. The van der Waals surface area contributed by atoms with Crippen LogP contribution in [0, 0.1) is 0 Å². The van der Waals surface area contributed by atoms with Crippen molar-refractivity contribution in [3.63, 3.8) is 0 Å². The van der Waals surface area contributed by atoms with Gasteiger partial charge in [0.15, 0.2) is 0 Å². The zero-order chi connectivity index (χ0) is 21.1. The molecule has 30 heavy (non-hydrogen) atoms. The lowest BCUT2D eigenvalue weighted by Crippen LogP contribution is -2.27. The van der Waals surface area contributed by atoms with Gasteiger partial charge in [-0.1, -0.05) is 19.1 Å². The average Bonchev–Trinajstić information content (AvgIpc) is 3.40. The summed E-state index contributed by atoms with van der Waals surface area (Å²) in [4.78, 5) is 43.1. The smallest absolute Gasteiger partial charge is 0.263 e. The van der Waals surface area contributed by atoms with Gasteiger partial charge in [-0.3, -0.25) is 19.0 Å². The number of nitrogens with zero attached hydrogens (tertiary/aromatic N) is 2. The molecule has 1 aromatic carbocycles. The minimum atomic E-state index is -0.356. The van der Waals surface area contributed by atoms with E-state index < -0.39 is 0 Å². The highest BCUT2D eigenvalue weighted by Crippen LogP contribution is 2.33. The van der Waals surface area contributed by atoms with Crippen LogP contribution in [0.2, 0.25) is 0 Å². The maximum atomic E-state index is 13.0. The molecule has 0 aliphatic carbocycles. The zero-order valence-corrected chi connectivity index (χ0v) is 17.7. The maximum Gasteiger partial charge on any atom is 0.263 e. The number of carbonyl (C=O) groups excluding carboxylic acids is 2. The van der Waals surface area contributed by atoms with Crippen LogP contribution in [0.3, 0.4) is 0 Å². The Kier molecular flexibility index (Phi) is 5.73. The van der Waals surface area contributed by atoms with Gasteiger partial charge in [0.2, 0.25) is 11.8 Å². The van der Waals surface area contributed by atoms with Gasteiger partial charge < -0.3 is 10.6 Å². The Morgan fingerprint density at radius 3 is 2.53 bits per heavy atom. The summed E-state index contributed by atoms with van der Waals surface area (Å²) in [6, 6.07) is 10.8. The summed E-state index contributed by atoms with van der Waals surface area (Å²) < 4.78 is 1.31. The van der Waals surface area contributed by atoms with Crippen LogP contribution in [0.5, 0.6) is 0 Å². The standard InChI is InChI=1S/C21H18N4O3S2/c1-2-17(26)23-13-5-3-6-14(9-13)24-18(27)10-25-12-22-20-19(21(25)28)15(11-30-20)16-7-4-8-29-16/h3-9,11-12H,2,10H2,1H3,(H,23,26)(H,24,27). The number of nitrogens with one attached hydrogen (secondary N) is 2. The fraction of sp³-hybridized carbons (Fsp3) is 0.143. The SMILES string of the molecule is CCC(=O)Nc1cccc(NC(=O)Cn2cnc3scc(-c4cccs4)c3c2=O)c1. The van der Waals surface area contributed by atoms with Crippen molar-refractivity contribution in [1.82, 2.24) is 9.55 Å². The lowest BCUT2D eigenvalue weighted by molar-refractivity contribution is -0.117. The van der Waals surface area contributed by atoms with Crippen LogP contribution in [0.25, 0.3) is 20.7 Å². The molecule has 4 rings (SSSR count). The molecule has 0 saturated carbocycles. The molecule has 3 heterocycles. The molecule has 3 aromatic heterocycles. The second-order valence-corrected chi connectivity index (χ2v) is 8.32. The number of carbonyl (C=O) groups is 2. The van der Waals surface area contributed by atoms with Gasteiger partial charge in [-0.2, -0.15) is 0 Å². The Morgan fingerprint density at radius 1 is 1.07 bits per heavy atom. The van der Waals surface area contributed by atoms with Gasteiger partial charge in [-0.25, -0.2) is 4.98 Å². The Bertz CT molecular complexity index is 1280. The third-order valence-corrected chi connectivity index (χ3v) is 6.20. The minimum absolute atomic E-state index is 0.110. The molecule has 0 saturated heterocycles. The topological polar surface area (TPSA) is 93.1 Å². The zero-order valence-electron chi connectivity index (χ0n) is 16.0. The van der Waals surface area contributed by atoms with Crippen LogP contribution >= 0.6 is 22.7 Å². The summed E-state index contributed by atoms with van der Waals surface area (Å²) in [5, 5.41) is 9.92. The van der Waals surface area contributed by atoms with E-state index in [9.17, 15) is 14.4 Å². The number of aromatic nitrogens is 2. The lowest BCUT2D eigenvalue weighted by Gasteiger charge is -2.09. The molecule has 0 spiro atoms. The van der Waals surface area contributed by atoms with Crippen LogP contribution < -0.4 is 16.2 Å². The molecule has 7 nitrogen and oxygen atoms in total. The normalized spacial score (nSPS) is 10.8. The molecule has 2 N–H and O–H groups in total. The number of hydrogen-bond donors (Lipinski definition) is 2. The Balaban J connectivity index is 1.55. The minimum Gasteiger partial charge on any atom is -0.326 e. The van der Waals surface area contributed by atoms with Crippen LogP contribution in [-0.4, -0.2) is 21.4 Å². The molecular formula is C21H18N4O3S2. The summed E-state index contributed by atoms with van der Waals surface area (Å²) in [5.74, 6) is -0.466. The van der Waals surface area contributed by atoms with E-state index >= 15 is 0 Å². The molecule has 9 heteroatoms. The number of fused-ring (bicyclic) bond motifs is 1. The van der Waals surface area contributed by atoms with Crippen molar-refractivity contribution in [2.24, 2.45) is 0 Å². The van der Waals surface area contributed by atoms with Crippen molar-refractivity contribution in [3.05, 3.63) is 63.8 Å². The first-order valence-electron chi connectivity index (χ1n) is 9.25. The van der Waals surface area contributed by atoms with Crippen molar-refractivity contribution in [2.75, 3.05) is 10.6 Å². The summed E-state index contributed by atoms with van der Waals surface area (Å²) in [5.41, 5.74) is 1.73. The first kappa shape index (κ1) is 20.0. The predicted molar refractivity (Wildman–Crippen MR) is 121 cm³/mol. The number of hydrogen-bond acceptors (Lipinski definition) is 6. The Labute approximate surface area is 180 Å². The Hall–Kier alpha value is -3.30. The number of benzene rings is 1. The molecule has 0 aliphatic heterocycles. The first-order chi connectivity index (χ1) is 14.5. The van der Waals surface area contributed by atoms with E-state index in [1.807, 2.05) is 22.9 Å². The quantitative estimate of drug-likeness (QED) is 0.472. The molecular weight excluding hydrogens is 420 g/mol. The summed E-state index contributed by atoms with van der Waals surface area (Å²) >= 11 is 2.97. The van der Waals surface area contributed by atoms with E-state index in [2.05, 4.69) is 15.6 Å². The monoisotopic (exact) mass is 438 g/mol. The lowest BCUT2D eigenvalue weighted by atomic mass is 10.2. The molecule has 0 radical (unpaired) electrons. The van der Waals surface area contributed by atoms with Gasteiger partial charge >= 0.3 is 0 Å². The number of thiophene rings is 2. The van der Waals surface area contributed by atoms with Crippen molar-refractivity contribution in [3.8, 4) is 10.4 Å². The summed E-state index contributed by atoms with van der Waals surface area (Å²) in [6.45, 7) is 1.61. The number of rotatable bonds is 6.